The molecule has 9 heteroatoms. The molecular weight excluding hydrogens is 294 g/mol. The summed E-state index contributed by atoms with van der Waals surface area (Å²) in [6, 6.07) is 0.743. The molecular formula is C11H10F6O3. The minimum absolute atomic E-state index is 0.267. The maximum atomic E-state index is 13.6. The molecule has 114 valence electrons. The van der Waals surface area contributed by atoms with Crippen molar-refractivity contribution in [1.82, 2.24) is 0 Å². The second-order valence-electron chi connectivity index (χ2n) is 4.04. The number of aliphatic hydroxyl groups is 1. The number of halogens is 6. The maximum Gasteiger partial charge on any atom is 0.455 e. The van der Waals surface area contributed by atoms with Crippen LogP contribution in [0.15, 0.2) is 12.1 Å². The second-order valence-corrected chi connectivity index (χ2v) is 4.04. The fourth-order valence-electron chi connectivity index (χ4n) is 1.45. The van der Waals surface area contributed by atoms with Crippen molar-refractivity contribution in [3.63, 3.8) is 0 Å². The van der Waals surface area contributed by atoms with Crippen LogP contribution in [0.1, 0.15) is 11.1 Å². The van der Waals surface area contributed by atoms with Crippen LogP contribution in [0.3, 0.4) is 0 Å². The average Bonchev–Trinajstić information content (AvgIpc) is 2.30. The van der Waals surface area contributed by atoms with Crippen LogP contribution in [0.25, 0.3) is 0 Å². The number of ether oxygens (including phenoxy) is 1. The van der Waals surface area contributed by atoms with Crippen molar-refractivity contribution in [3.8, 4) is 11.5 Å². The molecule has 0 saturated heterocycles. The standard InChI is InChI=1S/C11H10F6O3/c1-5-3-6(4-7(20-2)8(5)18)9(12,13)10(14,19)11(15,16)17/h3-4,18-19H,1-2H3. The Morgan fingerprint density at radius 3 is 1.95 bits per heavy atom. The summed E-state index contributed by atoms with van der Waals surface area (Å²) >= 11 is 0. The Kier molecular flexibility index (Phi) is 3.88. The van der Waals surface area contributed by atoms with E-state index in [1.54, 1.807) is 0 Å². The van der Waals surface area contributed by atoms with Gasteiger partial charge in [0.2, 0.25) is 0 Å². The Hall–Kier alpha value is -1.64. The quantitative estimate of drug-likeness (QED) is 0.844. The molecule has 1 rings (SSSR count). The number of rotatable bonds is 3. The van der Waals surface area contributed by atoms with E-state index in [2.05, 4.69) is 4.74 Å². The highest BCUT2D eigenvalue weighted by molar-refractivity contribution is 5.49. The van der Waals surface area contributed by atoms with Crippen molar-refractivity contribution in [2.75, 3.05) is 7.11 Å². The molecule has 0 aliphatic heterocycles. The predicted octanol–water partition coefficient (Wildman–Crippen LogP) is 3.02. The Bertz CT molecular complexity index is 510. The highest BCUT2D eigenvalue weighted by Crippen LogP contribution is 2.50. The normalized spacial score (nSPS) is 15.8. The largest absolute Gasteiger partial charge is 0.504 e. The van der Waals surface area contributed by atoms with Gasteiger partial charge in [0, 0.05) is 5.56 Å². The summed E-state index contributed by atoms with van der Waals surface area (Å²) < 4.78 is 81.3. The summed E-state index contributed by atoms with van der Waals surface area (Å²) in [4.78, 5) is 0. The molecule has 3 nitrogen and oxygen atoms in total. The Morgan fingerprint density at radius 2 is 1.55 bits per heavy atom. The van der Waals surface area contributed by atoms with Crippen LogP contribution in [-0.2, 0) is 5.92 Å². The Morgan fingerprint density at radius 1 is 1.05 bits per heavy atom. The van der Waals surface area contributed by atoms with Gasteiger partial charge < -0.3 is 14.9 Å². The van der Waals surface area contributed by atoms with E-state index in [9.17, 15) is 31.4 Å². The highest BCUT2D eigenvalue weighted by atomic mass is 19.4. The third kappa shape index (κ3) is 2.37. The molecule has 0 heterocycles. The molecule has 0 bridgehead atoms. The Labute approximate surface area is 109 Å². The van der Waals surface area contributed by atoms with Crippen molar-refractivity contribution in [2.45, 2.75) is 24.9 Å². The van der Waals surface area contributed by atoms with Gasteiger partial charge in [0.05, 0.1) is 7.11 Å². The number of hydrogen-bond acceptors (Lipinski definition) is 3. The summed E-state index contributed by atoms with van der Waals surface area (Å²) in [6.07, 6.45) is -6.20. The number of benzene rings is 1. The highest BCUT2D eigenvalue weighted by Gasteiger charge is 2.71. The summed E-state index contributed by atoms with van der Waals surface area (Å²) in [5, 5.41) is 17.9. The molecule has 0 fully saturated rings. The van der Waals surface area contributed by atoms with Gasteiger partial charge >= 0.3 is 18.0 Å². The van der Waals surface area contributed by atoms with Crippen LogP contribution < -0.4 is 4.74 Å². The van der Waals surface area contributed by atoms with E-state index in [4.69, 9.17) is 5.11 Å². The average molecular weight is 304 g/mol. The predicted molar refractivity (Wildman–Crippen MR) is 55.4 cm³/mol. The minimum atomic E-state index is -6.20. The van der Waals surface area contributed by atoms with Gasteiger partial charge in [0.1, 0.15) is 0 Å². The number of hydrogen-bond donors (Lipinski definition) is 2. The molecule has 0 spiro atoms. The third-order valence-corrected chi connectivity index (χ3v) is 2.64. The van der Waals surface area contributed by atoms with E-state index in [1.807, 2.05) is 0 Å². The lowest BCUT2D eigenvalue weighted by molar-refractivity contribution is -0.390. The van der Waals surface area contributed by atoms with Gasteiger partial charge in [0.15, 0.2) is 11.5 Å². The van der Waals surface area contributed by atoms with Crippen molar-refractivity contribution in [1.29, 1.82) is 0 Å². The number of methoxy groups -OCH3 is 1. The van der Waals surface area contributed by atoms with Crippen molar-refractivity contribution in [2.24, 2.45) is 0 Å². The first-order valence-corrected chi connectivity index (χ1v) is 5.10. The number of aryl methyl sites for hydroxylation is 1. The molecule has 1 atom stereocenters. The molecule has 0 amide bonds. The van der Waals surface area contributed by atoms with Crippen LogP contribution in [0.4, 0.5) is 26.3 Å². The molecule has 20 heavy (non-hydrogen) atoms. The van der Waals surface area contributed by atoms with Crippen LogP contribution in [0.2, 0.25) is 0 Å². The van der Waals surface area contributed by atoms with Crippen LogP contribution in [0.5, 0.6) is 11.5 Å². The van der Waals surface area contributed by atoms with Gasteiger partial charge in [-0.1, -0.05) is 0 Å². The monoisotopic (exact) mass is 304 g/mol. The molecule has 0 aliphatic carbocycles. The van der Waals surface area contributed by atoms with E-state index in [0.717, 1.165) is 14.0 Å². The molecule has 0 saturated carbocycles. The second kappa shape index (κ2) is 4.72. The topological polar surface area (TPSA) is 49.7 Å². The third-order valence-electron chi connectivity index (χ3n) is 2.64. The maximum absolute atomic E-state index is 13.6. The SMILES string of the molecule is COc1cc(C(F)(F)C(O)(F)C(F)(F)F)cc(C)c1O. The van der Waals surface area contributed by atoms with Gasteiger partial charge in [-0.2, -0.15) is 26.3 Å². The number of phenols is 1. The summed E-state index contributed by atoms with van der Waals surface area (Å²) in [7, 11) is 0.974. The van der Waals surface area contributed by atoms with Crippen molar-refractivity contribution < 1.29 is 41.3 Å². The van der Waals surface area contributed by atoms with Gasteiger partial charge in [-0.3, -0.25) is 0 Å². The lowest BCUT2D eigenvalue weighted by Crippen LogP contribution is -2.53. The van der Waals surface area contributed by atoms with Crippen molar-refractivity contribution >= 4 is 0 Å². The fourth-order valence-corrected chi connectivity index (χ4v) is 1.45. The summed E-state index contributed by atoms with van der Waals surface area (Å²) in [6.45, 7) is 1.10. The smallest absolute Gasteiger partial charge is 0.455 e. The fraction of sp³-hybridized carbons (Fsp3) is 0.455. The van der Waals surface area contributed by atoms with Crippen LogP contribution >= 0.6 is 0 Å². The zero-order valence-corrected chi connectivity index (χ0v) is 10.2. The summed E-state index contributed by atoms with van der Waals surface area (Å²) in [5.41, 5.74) is -1.75. The van der Waals surface area contributed by atoms with Gasteiger partial charge in [-0.25, -0.2) is 0 Å². The molecule has 1 aromatic carbocycles. The van der Waals surface area contributed by atoms with E-state index in [1.165, 1.54) is 0 Å². The van der Waals surface area contributed by atoms with E-state index in [0.29, 0.717) is 12.1 Å². The molecule has 0 aromatic heterocycles. The zero-order valence-electron chi connectivity index (χ0n) is 10.2. The first kappa shape index (κ1) is 16.4. The van der Waals surface area contributed by atoms with Gasteiger partial charge in [-0.05, 0) is 24.6 Å². The van der Waals surface area contributed by atoms with Crippen molar-refractivity contribution in [3.05, 3.63) is 23.3 Å². The van der Waals surface area contributed by atoms with Crippen LogP contribution in [0, 0.1) is 6.92 Å². The van der Waals surface area contributed by atoms with E-state index in [-0.39, 0.29) is 5.56 Å². The number of phenolic OH excluding ortho intramolecular Hbond substituents is 1. The number of alkyl halides is 6. The molecule has 0 radical (unpaired) electrons. The van der Waals surface area contributed by atoms with Gasteiger partial charge in [0.25, 0.3) is 0 Å². The molecule has 2 N–H and O–H groups in total. The first-order valence-electron chi connectivity index (χ1n) is 5.10. The zero-order chi connectivity index (χ0) is 15.9. The van der Waals surface area contributed by atoms with E-state index < -0.39 is 35.0 Å². The van der Waals surface area contributed by atoms with Crippen LogP contribution in [-0.4, -0.2) is 29.4 Å². The molecule has 0 aliphatic rings. The lowest BCUT2D eigenvalue weighted by atomic mass is 9.98. The van der Waals surface area contributed by atoms with Gasteiger partial charge in [-0.15, -0.1) is 0 Å². The van der Waals surface area contributed by atoms with E-state index >= 15 is 0 Å². The lowest BCUT2D eigenvalue weighted by Gasteiger charge is -2.30. The number of aromatic hydroxyl groups is 1. The Balaban J connectivity index is 3.47. The first-order chi connectivity index (χ1) is 8.86. The molecule has 1 unspecified atom stereocenters. The summed E-state index contributed by atoms with van der Waals surface area (Å²) in [5.74, 6) is -12.2. The minimum Gasteiger partial charge on any atom is -0.504 e. The molecule has 1 aromatic rings.